The summed E-state index contributed by atoms with van der Waals surface area (Å²) < 4.78 is 5.13. The smallest absolute Gasteiger partial charge is 0.309 e. The molecule has 0 aromatic heterocycles. The van der Waals surface area contributed by atoms with E-state index >= 15 is 0 Å². The summed E-state index contributed by atoms with van der Waals surface area (Å²) in [6.45, 7) is 3.99. The number of hydrogen-bond acceptors (Lipinski definition) is 3. The molecule has 0 bridgehead atoms. The molecule has 0 aromatic rings. The highest BCUT2D eigenvalue weighted by atomic mass is 32.1. The highest BCUT2D eigenvalue weighted by Crippen LogP contribution is 2.02. The maximum Gasteiger partial charge on any atom is 0.309 e. The molecular formula is C7H14O3S. The fourth-order valence-corrected chi connectivity index (χ4v) is 0.772. The van der Waals surface area contributed by atoms with Crippen LogP contribution in [0.3, 0.4) is 0 Å². The molecule has 1 N–H and O–H groups in total. The molecular weight excluding hydrogens is 164 g/mol. The fourth-order valence-electron chi connectivity index (χ4n) is 0.511. The van der Waals surface area contributed by atoms with E-state index in [4.69, 9.17) is 9.84 Å². The maximum absolute atomic E-state index is 10.4. The SMILES string of the molecule is CC(C)OCC(CS)C(=O)O. The van der Waals surface area contributed by atoms with Crippen molar-refractivity contribution in [1.82, 2.24) is 0 Å². The topological polar surface area (TPSA) is 46.5 Å². The molecule has 0 aromatic carbocycles. The maximum atomic E-state index is 10.4. The van der Waals surface area contributed by atoms with E-state index < -0.39 is 11.9 Å². The van der Waals surface area contributed by atoms with Gasteiger partial charge in [0, 0.05) is 5.75 Å². The third-order valence-corrected chi connectivity index (χ3v) is 1.64. The number of carboxylic acids is 1. The largest absolute Gasteiger partial charge is 0.481 e. The predicted molar refractivity (Wildman–Crippen MR) is 46.1 cm³/mol. The summed E-state index contributed by atoms with van der Waals surface area (Å²) in [4.78, 5) is 10.4. The van der Waals surface area contributed by atoms with Gasteiger partial charge in [0.15, 0.2) is 0 Å². The molecule has 0 saturated carbocycles. The van der Waals surface area contributed by atoms with E-state index in [-0.39, 0.29) is 12.7 Å². The lowest BCUT2D eigenvalue weighted by Gasteiger charge is -2.11. The standard InChI is InChI=1S/C7H14O3S/c1-5(2)10-3-6(4-11)7(8)9/h5-6,11H,3-4H2,1-2H3,(H,8,9). The number of hydrogen-bond donors (Lipinski definition) is 2. The first-order valence-corrected chi connectivity index (χ1v) is 4.16. The molecule has 11 heavy (non-hydrogen) atoms. The van der Waals surface area contributed by atoms with Crippen LogP contribution in [0.5, 0.6) is 0 Å². The molecule has 4 heteroatoms. The Kier molecular flexibility index (Phi) is 5.32. The highest BCUT2D eigenvalue weighted by molar-refractivity contribution is 7.80. The molecule has 0 fully saturated rings. The Labute approximate surface area is 72.2 Å². The summed E-state index contributed by atoms with van der Waals surface area (Å²) in [6, 6.07) is 0. The lowest BCUT2D eigenvalue weighted by atomic mass is 10.2. The van der Waals surface area contributed by atoms with Crippen LogP contribution < -0.4 is 0 Å². The first kappa shape index (κ1) is 10.8. The summed E-state index contributed by atoms with van der Waals surface area (Å²) in [6.07, 6.45) is 0.0803. The van der Waals surface area contributed by atoms with Crippen LogP contribution in [0.1, 0.15) is 13.8 Å². The average molecular weight is 178 g/mol. The first-order chi connectivity index (χ1) is 5.07. The second kappa shape index (κ2) is 5.43. The molecule has 0 amide bonds. The molecule has 1 atom stereocenters. The van der Waals surface area contributed by atoms with E-state index in [1.165, 1.54) is 0 Å². The monoisotopic (exact) mass is 178 g/mol. The van der Waals surface area contributed by atoms with Gasteiger partial charge in [0.1, 0.15) is 0 Å². The minimum Gasteiger partial charge on any atom is -0.481 e. The predicted octanol–water partition coefficient (Wildman–Crippen LogP) is 1.04. The molecule has 0 spiro atoms. The summed E-state index contributed by atoms with van der Waals surface area (Å²) in [5.74, 6) is -1.01. The Bertz CT molecular complexity index is 125. The molecule has 0 aliphatic carbocycles. The number of carbonyl (C=O) groups is 1. The second-order valence-corrected chi connectivity index (χ2v) is 2.96. The zero-order valence-electron chi connectivity index (χ0n) is 6.78. The zero-order chi connectivity index (χ0) is 8.85. The van der Waals surface area contributed by atoms with Crippen LogP contribution in [0.2, 0.25) is 0 Å². The van der Waals surface area contributed by atoms with Gasteiger partial charge in [0.25, 0.3) is 0 Å². The van der Waals surface area contributed by atoms with E-state index in [0.717, 1.165) is 0 Å². The van der Waals surface area contributed by atoms with E-state index in [1.54, 1.807) is 0 Å². The molecule has 3 nitrogen and oxygen atoms in total. The molecule has 1 unspecified atom stereocenters. The van der Waals surface area contributed by atoms with Crippen LogP contribution in [0.25, 0.3) is 0 Å². The van der Waals surface area contributed by atoms with Crippen LogP contribution in [-0.4, -0.2) is 29.5 Å². The van der Waals surface area contributed by atoms with Crippen LogP contribution in [0, 0.1) is 5.92 Å². The third-order valence-electron chi connectivity index (χ3n) is 1.20. The van der Waals surface area contributed by atoms with E-state index in [0.29, 0.717) is 5.75 Å². The van der Waals surface area contributed by atoms with Crippen molar-refractivity contribution in [1.29, 1.82) is 0 Å². The van der Waals surface area contributed by atoms with Crippen molar-refractivity contribution in [3.8, 4) is 0 Å². The molecule has 0 radical (unpaired) electrons. The van der Waals surface area contributed by atoms with Gasteiger partial charge in [-0.2, -0.15) is 12.6 Å². The summed E-state index contributed by atoms with van der Waals surface area (Å²) in [5.41, 5.74) is 0. The Morgan fingerprint density at radius 2 is 2.18 bits per heavy atom. The zero-order valence-corrected chi connectivity index (χ0v) is 7.67. The Hall–Kier alpha value is -0.220. The van der Waals surface area contributed by atoms with Crippen molar-refractivity contribution < 1.29 is 14.6 Å². The highest BCUT2D eigenvalue weighted by Gasteiger charge is 2.15. The van der Waals surface area contributed by atoms with Crippen molar-refractivity contribution in [3.05, 3.63) is 0 Å². The van der Waals surface area contributed by atoms with Crippen LogP contribution in [0.15, 0.2) is 0 Å². The molecule has 0 rings (SSSR count). The number of aliphatic carboxylic acids is 1. The number of thiol groups is 1. The van der Waals surface area contributed by atoms with Gasteiger partial charge in [-0.3, -0.25) is 4.79 Å². The van der Waals surface area contributed by atoms with Crippen LogP contribution >= 0.6 is 12.6 Å². The molecule has 0 aliphatic rings. The van der Waals surface area contributed by atoms with E-state index in [9.17, 15) is 4.79 Å². The van der Waals surface area contributed by atoms with Gasteiger partial charge in [-0.15, -0.1) is 0 Å². The summed E-state index contributed by atoms with van der Waals surface area (Å²) in [7, 11) is 0. The van der Waals surface area contributed by atoms with Gasteiger partial charge in [0.2, 0.25) is 0 Å². The third kappa shape index (κ3) is 5.09. The average Bonchev–Trinajstić information content (AvgIpc) is 1.87. The van der Waals surface area contributed by atoms with Gasteiger partial charge >= 0.3 is 5.97 Å². The van der Waals surface area contributed by atoms with Crippen LogP contribution in [-0.2, 0) is 9.53 Å². The lowest BCUT2D eigenvalue weighted by molar-refractivity contribution is -0.143. The van der Waals surface area contributed by atoms with Gasteiger partial charge in [0.05, 0.1) is 18.6 Å². The van der Waals surface area contributed by atoms with Crippen LogP contribution in [0.4, 0.5) is 0 Å². The Morgan fingerprint density at radius 1 is 1.64 bits per heavy atom. The quantitative estimate of drug-likeness (QED) is 0.618. The lowest BCUT2D eigenvalue weighted by Crippen LogP contribution is -2.23. The van der Waals surface area contributed by atoms with Crippen molar-refractivity contribution >= 4 is 18.6 Å². The van der Waals surface area contributed by atoms with Crippen molar-refractivity contribution in [2.45, 2.75) is 20.0 Å². The normalized spacial score (nSPS) is 13.5. The molecule has 0 saturated heterocycles. The van der Waals surface area contributed by atoms with Crippen molar-refractivity contribution in [3.63, 3.8) is 0 Å². The van der Waals surface area contributed by atoms with Crippen molar-refractivity contribution in [2.75, 3.05) is 12.4 Å². The fraction of sp³-hybridized carbons (Fsp3) is 0.857. The van der Waals surface area contributed by atoms with Gasteiger partial charge in [-0.25, -0.2) is 0 Å². The minimum absolute atomic E-state index is 0.0803. The summed E-state index contributed by atoms with van der Waals surface area (Å²) in [5, 5.41) is 8.56. The number of ether oxygens (including phenoxy) is 1. The van der Waals surface area contributed by atoms with E-state index in [2.05, 4.69) is 12.6 Å². The molecule has 0 heterocycles. The van der Waals surface area contributed by atoms with E-state index in [1.807, 2.05) is 13.8 Å². The summed E-state index contributed by atoms with van der Waals surface area (Å²) >= 11 is 3.90. The molecule has 0 aliphatic heterocycles. The van der Waals surface area contributed by atoms with Crippen molar-refractivity contribution in [2.24, 2.45) is 5.92 Å². The first-order valence-electron chi connectivity index (χ1n) is 3.53. The second-order valence-electron chi connectivity index (χ2n) is 2.60. The molecule has 66 valence electrons. The Morgan fingerprint density at radius 3 is 2.45 bits per heavy atom. The number of rotatable bonds is 5. The Balaban J connectivity index is 3.61. The number of carboxylic acid groups (broad SMARTS) is 1. The van der Waals surface area contributed by atoms with Gasteiger partial charge in [-0.05, 0) is 13.8 Å². The van der Waals surface area contributed by atoms with Gasteiger partial charge in [-0.1, -0.05) is 0 Å². The minimum atomic E-state index is -0.847. The van der Waals surface area contributed by atoms with Gasteiger partial charge < -0.3 is 9.84 Å².